The van der Waals surface area contributed by atoms with Gasteiger partial charge in [0.2, 0.25) is 0 Å². The molecule has 2 atom stereocenters. The Kier molecular flexibility index (Phi) is 6.60. The summed E-state index contributed by atoms with van der Waals surface area (Å²) < 4.78 is 5.34. The van der Waals surface area contributed by atoms with Crippen LogP contribution in [0, 0.1) is 11.8 Å². The van der Waals surface area contributed by atoms with E-state index in [-0.39, 0.29) is 18.0 Å². The van der Waals surface area contributed by atoms with Crippen LogP contribution in [0.15, 0.2) is 0 Å². The molecule has 0 unspecified atom stereocenters. The average molecular weight is 200 g/mol. The maximum Gasteiger partial charge on any atom is 0.308 e. The van der Waals surface area contributed by atoms with Crippen LogP contribution in [0.3, 0.4) is 0 Å². The van der Waals surface area contributed by atoms with E-state index in [9.17, 15) is 4.79 Å². The third-order valence-corrected chi connectivity index (χ3v) is 2.24. The summed E-state index contributed by atoms with van der Waals surface area (Å²) >= 11 is 0. The molecule has 0 amide bonds. The van der Waals surface area contributed by atoms with Crippen molar-refractivity contribution in [1.29, 1.82) is 0 Å². The number of rotatable bonds is 6. The molecule has 0 aromatic carbocycles. The number of hydrogen-bond donors (Lipinski definition) is 0. The van der Waals surface area contributed by atoms with Gasteiger partial charge in [0.05, 0.1) is 12.0 Å². The van der Waals surface area contributed by atoms with E-state index in [2.05, 4.69) is 20.8 Å². The van der Waals surface area contributed by atoms with E-state index in [4.69, 9.17) is 4.74 Å². The van der Waals surface area contributed by atoms with Crippen molar-refractivity contribution in [3.63, 3.8) is 0 Å². The molecule has 0 aliphatic heterocycles. The van der Waals surface area contributed by atoms with Crippen LogP contribution < -0.4 is 0 Å². The topological polar surface area (TPSA) is 26.3 Å². The minimum absolute atomic E-state index is 0.0417. The summed E-state index contributed by atoms with van der Waals surface area (Å²) in [7, 11) is 0. The maximum atomic E-state index is 11.5. The molecule has 0 heterocycles. The molecule has 2 heteroatoms. The lowest BCUT2D eigenvalue weighted by Crippen LogP contribution is -2.21. The first-order valence-electron chi connectivity index (χ1n) is 5.67. The van der Waals surface area contributed by atoms with Gasteiger partial charge < -0.3 is 4.74 Å². The molecule has 0 bridgehead atoms. The molecule has 0 N–H and O–H groups in total. The predicted octanol–water partition coefficient (Wildman–Crippen LogP) is 3.40. The average Bonchev–Trinajstić information content (AvgIpc) is 2.02. The van der Waals surface area contributed by atoms with E-state index < -0.39 is 0 Å². The number of esters is 1. The Labute approximate surface area is 88.0 Å². The summed E-state index contributed by atoms with van der Waals surface area (Å²) in [5, 5.41) is 0. The Morgan fingerprint density at radius 2 is 1.79 bits per heavy atom. The highest BCUT2D eigenvalue weighted by Gasteiger charge is 2.16. The van der Waals surface area contributed by atoms with Crippen LogP contribution in [-0.4, -0.2) is 12.1 Å². The van der Waals surface area contributed by atoms with Gasteiger partial charge in [-0.15, -0.1) is 0 Å². The molecule has 0 saturated heterocycles. The Morgan fingerprint density at radius 1 is 1.21 bits per heavy atom. The molecule has 14 heavy (non-hydrogen) atoms. The highest BCUT2D eigenvalue weighted by Crippen LogP contribution is 2.12. The van der Waals surface area contributed by atoms with Crippen LogP contribution in [0.2, 0.25) is 0 Å². The monoisotopic (exact) mass is 200 g/mol. The fourth-order valence-electron chi connectivity index (χ4n) is 1.58. The van der Waals surface area contributed by atoms with Crippen LogP contribution in [0.4, 0.5) is 0 Å². The summed E-state index contributed by atoms with van der Waals surface area (Å²) in [6.45, 7) is 10.3. The maximum absolute atomic E-state index is 11.5. The van der Waals surface area contributed by atoms with Crippen molar-refractivity contribution in [3.05, 3.63) is 0 Å². The summed E-state index contributed by atoms with van der Waals surface area (Å²) in [4.78, 5) is 11.5. The molecule has 0 aromatic heterocycles. The van der Waals surface area contributed by atoms with E-state index in [1.165, 1.54) is 0 Å². The molecule has 0 saturated carbocycles. The smallest absolute Gasteiger partial charge is 0.308 e. The third-order valence-electron chi connectivity index (χ3n) is 2.24. The van der Waals surface area contributed by atoms with Gasteiger partial charge in [-0.25, -0.2) is 0 Å². The van der Waals surface area contributed by atoms with Crippen molar-refractivity contribution in [2.45, 2.75) is 60.0 Å². The molecule has 0 aliphatic rings. The quantitative estimate of drug-likeness (QED) is 0.614. The fourth-order valence-corrected chi connectivity index (χ4v) is 1.58. The summed E-state index contributed by atoms with van der Waals surface area (Å²) in [5.74, 6) is 0.592. The van der Waals surface area contributed by atoms with E-state index in [1.54, 1.807) is 0 Å². The Balaban J connectivity index is 3.80. The molecule has 0 aromatic rings. The van der Waals surface area contributed by atoms with Crippen LogP contribution in [0.5, 0.6) is 0 Å². The zero-order valence-electron chi connectivity index (χ0n) is 10.2. The van der Waals surface area contributed by atoms with Gasteiger partial charge >= 0.3 is 5.97 Å². The number of hydrogen-bond acceptors (Lipinski definition) is 2. The molecular formula is C12H24O2. The van der Waals surface area contributed by atoms with Crippen LogP contribution >= 0.6 is 0 Å². The first-order chi connectivity index (χ1) is 6.47. The second kappa shape index (κ2) is 6.86. The molecule has 0 aliphatic carbocycles. The van der Waals surface area contributed by atoms with Crippen LogP contribution in [0.25, 0.3) is 0 Å². The lowest BCUT2D eigenvalue weighted by molar-refractivity contribution is -0.153. The summed E-state index contributed by atoms with van der Waals surface area (Å²) in [6.07, 6.45) is 2.97. The van der Waals surface area contributed by atoms with E-state index >= 15 is 0 Å². The van der Waals surface area contributed by atoms with Gasteiger partial charge in [-0.2, -0.15) is 0 Å². The zero-order chi connectivity index (χ0) is 11.1. The second-order valence-electron chi connectivity index (χ2n) is 4.57. The Hall–Kier alpha value is -0.530. The standard InChI is InChI=1S/C12H24O2/c1-6-7-10(4)12(13)14-11(5)8-9(2)3/h9-11H,6-8H2,1-5H3/t10-,11-/m1/s1. The van der Waals surface area contributed by atoms with Crippen molar-refractivity contribution in [1.82, 2.24) is 0 Å². The van der Waals surface area contributed by atoms with Gasteiger partial charge in [0.15, 0.2) is 0 Å². The third kappa shape index (κ3) is 6.01. The second-order valence-corrected chi connectivity index (χ2v) is 4.57. The Morgan fingerprint density at radius 3 is 2.21 bits per heavy atom. The van der Waals surface area contributed by atoms with E-state index in [0.29, 0.717) is 5.92 Å². The van der Waals surface area contributed by atoms with Gasteiger partial charge in [-0.05, 0) is 25.7 Å². The highest BCUT2D eigenvalue weighted by molar-refractivity contribution is 5.72. The molecule has 2 nitrogen and oxygen atoms in total. The largest absolute Gasteiger partial charge is 0.462 e. The van der Waals surface area contributed by atoms with Crippen molar-refractivity contribution < 1.29 is 9.53 Å². The van der Waals surface area contributed by atoms with Gasteiger partial charge in [-0.3, -0.25) is 4.79 Å². The molecule has 0 spiro atoms. The summed E-state index contributed by atoms with van der Waals surface area (Å²) in [5.41, 5.74) is 0. The lowest BCUT2D eigenvalue weighted by Gasteiger charge is -2.17. The predicted molar refractivity (Wildman–Crippen MR) is 59.1 cm³/mol. The fraction of sp³-hybridized carbons (Fsp3) is 0.917. The van der Waals surface area contributed by atoms with Gasteiger partial charge in [0.1, 0.15) is 0 Å². The number of carbonyl (C=O) groups excluding carboxylic acids is 1. The van der Waals surface area contributed by atoms with Gasteiger partial charge in [-0.1, -0.05) is 34.1 Å². The summed E-state index contributed by atoms with van der Waals surface area (Å²) in [6, 6.07) is 0. The van der Waals surface area contributed by atoms with Crippen molar-refractivity contribution in [2.75, 3.05) is 0 Å². The van der Waals surface area contributed by atoms with Gasteiger partial charge in [0.25, 0.3) is 0 Å². The first-order valence-corrected chi connectivity index (χ1v) is 5.67. The lowest BCUT2D eigenvalue weighted by atomic mass is 10.1. The molecule has 0 fully saturated rings. The van der Waals surface area contributed by atoms with E-state index in [1.807, 2.05) is 13.8 Å². The molecular weight excluding hydrogens is 176 g/mol. The molecule has 0 radical (unpaired) electrons. The highest BCUT2D eigenvalue weighted by atomic mass is 16.5. The SMILES string of the molecule is CCC[C@@H](C)C(=O)O[C@H](C)CC(C)C. The Bertz CT molecular complexity index is 164. The zero-order valence-corrected chi connectivity index (χ0v) is 10.2. The van der Waals surface area contributed by atoms with Crippen molar-refractivity contribution in [2.24, 2.45) is 11.8 Å². The van der Waals surface area contributed by atoms with Gasteiger partial charge in [0, 0.05) is 0 Å². The normalized spacial score (nSPS) is 15.3. The first kappa shape index (κ1) is 13.5. The van der Waals surface area contributed by atoms with Crippen molar-refractivity contribution >= 4 is 5.97 Å². The van der Waals surface area contributed by atoms with E-state index in [0.717, 1.165) is 19.3 Å². The number of ether oxygens (including phenoxy) is 1. The molecule has 0 rings (SSSR count). The van der Waals surface area contributed by atoms with Crippen molar-refractivity contribution in [3.8, 4) is 0 Å². The number of carbonyl (C=O) groups is 1. The molecule has 84 valence electrons. The van der Waals surface area contributed by atoms with Crippen LogP contribution in [0.1, 0.15) is 53.9 Å². The van der Waals surface area contributed by atoms with Crippen LogP contribution in [-0.2, 0) is 9.53 Å². The minimum Gasteiger partial charge on any atom is -0.462 e. The minimum atomic E-state index is -0.0417.